The van der Waals surface area contributed by atoms with E-state index in [9.17, 15) is 4.79 Å². The van der Waals surface area contributed by atoms with Crippen LogP contribution in [0.3, 0.4) is 0 Å². The summed E-state index contributed by atoms with van der Waals surface area (Å²) in [5.41, 5.74) is 2.52. The summed E-state index contributed by atoms with van der Waals surface area (Å²) in [7, 11) is 6.09. The highest BCUT2D eigenvalue weighted by molar-refractivity contribution is 6.30. The number of rotatable bonds is 6. The number of carbonyl (C=O) groups is 1. The van der Waals surface area contributed by atoms with Gasteiger partial charge in [-0.15, -0.1) is 0 Å². The van der Waals surface area contributed by atoms with Crippen molar-refractivity contribution in [1.29, 1.82) is 0 Å². The molecule has 0 saturated heterocycles. The zero-order chi connectivity index (χ0) is 19.6. The van der Waals surface area contributed by atoms with E-state index in [0.29, 0.717) is 22.1 Å². The summed E-state index contributed by atoms with van der Waals surface area (Å²) >= 11 is 6.00. The normalized spacial score (nSPS) is 12.2. The predicted octanol–water partition coefficient (Wildman–Crippen LogP) is 4.97. The molecule has 27 heavy (non-hydrogen) atoms. The van der Waals surface area contributed by atoms with Gasteiger partial charge in [-0.2, -0.15) is 0 Å². The number of benzene rings is 2. The van der Waals surface area contributed by atoms with Crippen LogP contribution in [0.15, 0.2) is 48.7 Å². The lowest BCUT2D eigenvalue weighted by Gasteiger charge is -2.19. The molecule has 0 spiro atoms. The maximum atomic E-state index is 11.2. The first-order valence-electron chi connectivity index (χ1n) is 8.61. The lowest BCUT2D eigenvalue weighted by molar-refractivity contribution is 0.112. The summed E-state index contributed by atoms with van der Waals surface area (Å²) in [5.74, 6) is 2.07. The highest BCUT2D eigenvalue weighted by atomic mass is 35.5. The molecule has 0 radical (unpaired) electrons. The fourth-order valence-corrected chi connectivity index (χ4v) is 2.99. The van der Waals surface area contributed by atoms with Crippen molar-refractivity contribution in [2.45, 2.75) is 13.0 Å². The second-order valence-electron chi connectivity index (χ2n) is 6.63. The summed E-state index contributed by atoms with van der Waals surface area (Å²) in [5, 5.41) is 0.518. The molecular formula is C21H22ClN3O2. The molecule has 6 heteroatoms. The van der Waals surface area contributed by atoms with E-state index < -0.39 is 0 Å². The Balaban J connectivity index is 1.85. The van der Waals surface area contributed by atoms with Gasteiger partial charge in [0.2, 0.25) is 0 Å². The molecule has 0 fully saturated rings. The third-order valence-electron chi connectivity index (χ3n) is 4.65. The molecule has 0 aliphatic heterocycles. The average molecular weight is 384 g/mol. The number of aromatic nitrogens is 2. The zero-order valence-electron chi connectivity index (χ0n) is 15.8. The van der Waals surface area contributed by atoms with Crippen LogP contribution in [0, 0.1) is 0 Å². The molecule has 0 aliphatic carbocycles. The van der Waals surface area contributed by atoms with Crippen LogP contribution in [-0.4, -0.2) is 34.8 Å². The van der Waals surface area contributed by atoms with E-state index in [4.69, 9.17) is 16.3 Å². The minimum atomic E-state index is 0.218. The van der Waals surface area contributed by atoms with E-state index in [-0.39, 0.29) is 6.04 Å². The van der Waals surface area contributed by atoms with Crippen LogP contribution in [0.2, 0.25) is 5.02 Å². The molecule has 1 aromatic heterocycles. The Bertz CT molecular complexity index is 949. The summed E-state index contributed by atoms with van der Waals surface area (Å²) < 4.78 is 7.93. The average Bonchev–Trinajstić information content (AvgIpc) is 3.03. The summed E-state index contributed by atoms with van der Waals surface area (Å²) in [4.78, 5) is 17.9. The van der Waals surface area contributed by atoms with Gasteiger partial charge in [0.05, 0.1) is 23.5 Å². The number of aldehydes is 1. The second-order valence-corrected chi connectivity index (χ2v) is 7.06. The van der Waals surface area contributed by atoms with Gasteiger partial charge < -0.3 is 9.30 Å². The SMILES string of the molecule is CC(c1ncc(-c2ccc(Oc3cc(Cl)ccc3C=O)cc2)n1C)N(C)C. The third-order valence-corrected chi connectivity index (χ3v) is 4.89. The number of hydrogen-bond donors (Lipinski definition) is 0. The fourth-order valence-electron chi connectivity index (χ4n) is 2.83. The molecule has 2 aromatic carbocycles. The van der Waals surface area contributed by atoms with Crippen molar-refractivity contribution in [2.75, 3.05) is 14.1 Å². The third kappa shape index (κ3) is 4.04. The summed E-state index contributed by atoms with van der Waals surface area (Å²) in [6.07, 6.45) is 2.63. The fraction of sp³-hybridized carbons (Fsp3) is 0.238. The van der Waals surface area contributed by atoms with E-state index in [2.05, 4.69) is 21.4 Å². The lowest BCUT2D eigenvalue weighted by Crippen LogP contribution is -2.20. The monoisotopic (exact) mass is 383 g/mol. The lowest BCUT2D eigenvalue weighted by atomic mass is 10.1. The van der Waals surface area contributed by atoms with E-state index in [1.54, 1.807) is 18.2 Å². The van der Waals surface area contributed by atoms with Crippen molar-refractivity contribution >= 4 is 17.9 Å². The molecule has 140 valence electrons. The van der Waals surface area contributed by atoms with Crippen LogP contribution in [0.5, 0.6) is 11.5 Å². The van der Waals surface area contributed by atoms with E-state index >= 15 is 0 Å². The highest BCUT2D eigenvalue weighted by Crippen LogP contribution is 2.30. The Labute approximate surface area is 164 Å². The Kier molecular flexibility index (Phi) is 5.63. The maximum absolute atomic E-state index is 11.2. The van der Waals surface area contributed by atoms with Crippen LogP contribution in [0.1, 0.15) is 29.1 Å². The van der Waals surface area contributed by atoms with Gasteiger partial charge in [0.15, 0.2) is 6.29 Å². The molecule has 0 amide bonds. The maximum Gasteiger partial charge on any atom is 0.153 e. The molecule has 1 unspecified atom stereocenters. The molecule has 5 nitrogen and oxygen atoms in total. The van der Waals surface area contributed by atoms with Crippen LogP contribution in [-0.2, 0) is 7.05 Å². The largest absolute Gasteiger partial charge is 0.457 e. The van der Waals surface area contributed by atoms with Gasteiger partial charge in [-0.1, -0.05) is 11.6 Å². The van der Waals surface area contributed by atoms with Gasteiger partial charge in [-0.05, 0) is 57.4 Å². The van der Waals surface area contributed by atoms with Gasteiger partial charge in [0.1, 0.15) is 17.3 Å². The standard InChI is InChI=1S/C21H22ClN3O2/c1-14(24(2)3)21-23-12-19(25(21)4)15-6-9-18(10-7-15)27-20-11-17(22)8-5-16(20)13-26/h5-14H,1-4H3. The Morgan fingerprint density at radius 2 is 1.89 bits per heavy atom. The highest BCUT2D eigenvalue weighted by Gasteiger charge is 2.16. The molecule has 3 aromatic rings. The van der Waals surface area contributed by atoms with Crippen LogP contribution in [0.4, 0.5) is 0 Å². The van der Waals surface area contributed by atoms with Crippen molar-refractivity contribution in [2.24, 2.45) is 7.05 Å². The van der Waals surface area contributed by atoms with Gasteiger partial charge in [-0.25, -0.2) is 4.98 Å². The minimum absolute atomic E-state index is 0.218. The molecule has 0 saturated carbocycles. The molecule has 0 N–H and O–H groups in total. The topological polar surface area (TPSA) is 47.4 Å². The first kappa shape index (κ1) is 19.1. The van der Waals surface area contributed by atoms with Crippen molar-refractivity contribution in [3.05, 3.63) is 65.1 Å². The number of ether oxygens (including phenoxy) is 1. The number of halogens is 1. The molecule has 3 rings (SSSR count). The van der Waals surface area contributed by atoms with Gasteiger partial charge in [0.25, 0.3) is 0 Å². The van der Waals surface area contributed by atoms with Crippen molar-refractivity contribution < 1.29 is 9.53 Å². The quantitative estimate of drug-likeness (QED) is 0.564. The molecule has 1 heterocycles. The number of hydrogen-bond acceptors (Lipinski definition) is 4. The zero-order valence-corrected chi connectivity index (χ0v) is 16.6. The predicted molar refractivity (Wildman–Crippen MR) is 108 cm³/mol. The van der Waals surface area contributed by atoms with E-state index in [0.717, 1.165) is 23.4 Å². The van der Waals surface area contributed by atoms with Crippen molar-refractivity contribution in [3.63, 3.8) is 0 Å². The second kappa shape index (κ2) is 7.94. The summed E-state index contributed by atoms with van der Waals surface area (Å²) in [6.45, 7) is 2.12. The molecule has 0 bridgehead atoms. The van der Waals surface area contributed by atoms with Crippen molar-refractivity contribution in [3.8, 4) is 22.8 Å². The van der Waals surface area contributed by atoms with E-state index in [1.807, 2.05) is 51.6 Å². The Morgan fingerprint density at radius 1 is 1.19 bits per heavy atom. The van der Waals surface area contributed by atoms with Crippen LogP contribution >= 0.6 is 11.6 Å². The van der Waals surface area contributed by atoms with Gasteiger partial charge in [0, 0.05) is 23.7 Å². The molecule has 0 aliphatic rings. The van der Waals surface area contributed by atoms with Crippen LogP contribution < -0.4 is 4.74 Å². The first-order chi connectivity index (χ1) is 12.9. The number of carbonyl (C=O) groups excluding carboxylic acids is 1. The molecule has 1 atom stereocenters. The number of nitrogens with zero attached hydrogens (tertiary/aromatic N) is 3. The van der Waals surface area contributed by atoms with E-state index in [1.165, 1.54) is 0 Å². The number of imidazole rings is 1. The van der Waals surface area contributed by atoms with Crippen molar-refractivity contribution in [1.82, 2.24) is 14.5 Å². The Morgan fingerprint density at radius 3 is 2.52 bits per heavy atom. The smallest absolute Gasteiger partial charge is 0.153 e. The first-order valence-corrected chi connectivity index (χ1v) is 8.99. The van der Waals surface area contributed by atoms with Gasteiger partial charge in [-0.3, -0.25) is 9.69 Å². The van der Waals surface area contributed by atoms with Crippen LogP contribution in [0.25, 0.3) is 11.3 Å². The molecular weight excluding hydrogens is 362 g/mol. The van der Waals surface area contributed by atoms with Gasteiger partial charge >= 0.3 is 0 Å². The minimum Gasteiger partial charge on any atom is -0.457 e. The Hall–Kier alpha value is -2.63. The summed E-state index contributed by atoms with van der Waals surface area (Å²) in [6, 6.07) is 12.8.